The van der Waals surface area contributed by atoms with Crippen LogP contribution in [0.5, 0.6) is 0 Å². The lowest BCUT2D eigenvalue weighted by atomic mass is 9.95. The van der Waals surface area contributed by atoms with E-state index in [0.29, 0.717) is 6.54 Å². The zero-order valence-electron chi connectivity index (χ0n) is 14.4. The van der Waals surface area contributed by atoms with Crippen LogP contribution in [0.3, 0.4) is 0 Å². The summed E-state index contributed by atoms with van der Waals surface area (Å²) in [5.74, 6) is 0.772. The van der Waals surface area contributed by atoms with Crippen LogP contribution in [-0.2, 0) is 6.54 Å². The molecule has 2 aromatic rings. The zero-order valence-corrected chi connectivity index (χ0v) is 14.4. The van der Waals surface area contributed by atoms with Crippen molar-refractivity contribution < 1.29 is 4.79 Å². The highest BCUT2D eigenvalue weighted by Crippen LogP contribution is 2.24. The molecule has 1 aliphatic heterocycles. The highest BCUT2D eigenvalue weighted by Gasteiger charge is 2.26. The van der Waals surface area contributed by atoms with Gasteiger partial charge in [-0.3, -0.25) is 4.90 Å². The Morgan fingerprint density at radius 3 is 2.17 bits per heavy atom. The number of benzene rings is 2. The zero-order chi connectivity index (χ0) is 16.8. The SMILES string of the molecule is CCC1CCN(C(=O)N(Cc2ccccc2)c2ccccc2)CC1. The normalized spacial score (nSPS) is 15.3. The van der Waals surface area contributed by atoms with Crippen molar-refractivity contribution in [2.75, 3.05) is 18.0 Å². The number of piperidine rings is 1. The van der Waals surface area contributed by atoms with Crippen LogP contribution in [0.4, 0.5) is 10.5 Å². The quantitative estimate of drug-likeness (QED) is 0.782. The topological polar surface area (TPSA) is 23.6 Å². The maximum Gasteiger partial charge on any atom is 0.324 e. The molecule has 0 aromatic heterocycles. The Balaban J connectivity index is 1.78. The van der Waals surface area contributed by atoms with Crippen molar-refractivity contribution in [3.05, 3.63) is 66.2 Å². The summed E-state index contributed by atoms with van der Waals surface area (Å²) in [5, 5.41) is 0. The van der Waals surface area contributed by atoms with Crippen molar-refractivity contribution >= 4 is 11.7 Å². The van der Waals surface area contributed by atoms with Gasteiger partial charge in [0.05, 0.1) is 6.54 Å². The fourth-order valence-electron chi connectivity index (χ4n) is 3.35. The largest absolute Gasteiger partial charge is 0.324 e. The molecule has 0 spiro atoms. The predicted octanol–water partition coefficient (Wildman–Crippen LogP) is 4.94. The first-order valence-electron chi connectivity index (χ1n) is 8.93. The third kappa shape index (κ3) is 3.97. The predicted molar refractivity (Wildman–Crippen MR) is 99.1 cm³/mol. The number of amides is 2. The van der Waals surface area contributed by atoms with Crippen molar-refractivity contribution in [3.8, 4) is 0 Å². The monoisotopic (exact) mass is 322 g/mol. The van der Waals surface area contributed by atoms with E-state index >= 15 is 0 Å². The molecule has 0 saturated carbocycles. The molecule has 2 aromatic carbocycles. The molecular formula is C21H26N2O. The molecule has 126 valence electrons. The minimum atomic E-state index is 0.125. The van der Waals surface area contributed by atoms with Crippen LogP contribution in [0.2, 0.25) is 0 Å². The lowest BCUT2D eigenvalue weighted by molar-refractivity contribution is 0.175. The Bertz CT molecular complexity index is 633. The number of urea groups is 1. The van der Waals surface area contributed by atoms with Gasteiger partial charge in [0.25, 0.3) is 0 Å². The molecule has 3 rings (SSSR count). The van der Waals surface area contributed by atoms with Gasteiger partial charge in [-0.15, -0.1) is 0 Å². The first-order valence-corrected chi connectivity index (χ1v) is 8.93. The highest BCUT2D eigenvalue weighted by molar-refractivity contribution is 5.92. The average Bonchev–Trinajstić information content (AvgIpc) is 2.67. The number of hydrogen-bond acceptors (Lipinski definition) is 1. The van der Waals surface area contributed by atoms with Crippen LogP contribution in [-0.4, -0.2) is 24.0 Å². The minimum absolute atomic E-state index is 0.125. The van der Waals surface area contributed by atoms with Gasteiger partial charge < -0.3 is 4.90 Å². The molecule has 1 fully saturated rings. The van der Waals surface area contributed by atoms with Crippen LogP contribution in [0.15, 0.2) is 60.7 Å². The highest BCUT2D eigenvalue weighted by atomic mass is 16.2. The molecule has 1 saturated heterocycles. The van der Waals surface area contributed by atoms with E-state index in [-0.39, 0.29) is 6.03 Å². The lowest BCUT2D eigenvalue weighted by Crippen LogP contribution is -2.46. The first-order chi connectivity index (χ1) is 11.8. The number of carbonyl (C=O) groups excluding carboxylic acids is 1. The third-order valence-electron chi connectivity index (χ3n) is 4.94. The van der Waals surface area contributed by atoms with Crippen molar-refractivity contribution in [1.82, 2.24) is 4.90 Å². The van der Waals surface area contributed by atoms with Gasteiger partial charge in [-0.2, -0.15) is 0 Å². The Morgan fingerprint density at radius 2 is 1.58 bits per heavy atom. The van der Waals surface area contributed by atoms with E-state index in [0.717, 1.165) is 43.1 Å². The molecular weight excluding hydrogens is 296 g/mol. The second-order valence-electron chi connectivity index (χ2n) is 6.53. The van der Waals surface area contributed by atoms with Gasteiger partial charge in [0.1, 0.15) is 0 Å². The van der Waals surface area contributed by atoms with Gasteiger partial charge in [0.2, 0.25) is 0 Å². The molecule has 1 heterocycles. The number of likely N-dealkylation sites (tertiary alicyclic amines) is 1. The summed E-state index contributed by atoms with van der Waals surface area (Å²) >= 11 is 0. The number of hydrogen-bond donors (Lipinski definition) is 0. The second kappa shape index (κ2) is 8.00. The van der Waals surface area contributed by atoms with Crippen molar-refractivity contribution in [3.63, 3.8) is 0 Å². The average molecular weight is 322 g/mol. The van der Waals surface area contributed by atoms with Crippen molar-refractivity contribution in [2.45, 2.75) is 32.7 Å². The van der Waals surface area contributed by atoms with E-state index in [1.54, 1.807) is 0 Å². The Labute approximate surface area is 144 Å². The molecule has 3 heteroatoms. The maximum atomic E-state index is 13.1. The van der Waals surface area contributed by atoms with Gasteiger partial charge in [-0.25, -0.2) is 4.79 Å². The first kappa shape index (κ1) is 16.6. The molecule has 2 amide bonds. The number of para-hydroxylation sites is 1. The van der Waals surface area contributed by atoms with E-state index in [9.17, 15) is 4.79 Å². The van der Waals surface area contributed by atoms with Crippen molar-refractivity contribution in [2.24, 2.45) is 5.92 Å². The Hall–Kier alpha value is -2.29. The fraction of sp³-hybridized carbons (Fsp3) is 0.381. The van der Waals surface area contributed by atoms with Crippen LogP contribution >= 0.6 is 0 Å². The summed E-state index contributed by atoms with van der Waals surface area (Å²) in [6.07, 6.45) is 3.46. The number of anilines is 1. The summed E-state index contributed by atoms with van der Waals surface area (Å²) in [6, 6.07) is 20.3. The summed E-state index contributed by atoms with van der Waals surface area (Å²) in [4.78, 5) is 17.1. The number of nitrogens with zero attached hydrogens (tertiary/aromatic N) is 2. The summed E-state index contributed by atoms with van der Waals surface area (Å²) in [7, 11) is 0. The van der Waals surface area contributed by atoms with Gasteiger partial charge in [0.15, 0.2) is 0 Å². The minimum Gasteiger partial charge on any atom is -0.324 e. The van der Waals surface area contributed by atoms with Gasteiger partial charge >= 0.3 is 6.03 Å². The van der Waals surface area contributed by atoms with Crippen molar-refractivity contribution in [1.29, 1.82) is 0 Å². The van der Waals surface area contributed by atoms with Crippen LogP contribution in [0.25, 0.3) is 0 Å². The Kier molecular flexibility index (Phi) is 5.52. The summed E-state index contributed by atoms with van der Waals surface area (Å²) in [5.41, 5.74) is 2.11. The molecule has 0 bridgehead atoms. The number of carbonyl (C=O) groups is 1. The van der Waals surface area contributed by atoms with Gasteiger partial charge in [0, 0.05) is 18.8 Å². The summed E-state index contributed by atoms with van der Waals surface area (Å²) in [6.45, 7) is 4.59. The molecule has 0 N–H and O–H groups in total. The van der Waals surface area contributed by atoms with Gasteiger partial charge in [-0.05, 0) is 36.5 Å². The molecule has 3 nitrogen and oxygen atoms in total. The Morgan fingerprint density at radius 1 is 1.00 bits per heavy atom. The second-order valence-corrected chi connectivity index (χ2v) is 6.53. The molecule has 0 atom stereocenters. The smallest absolute Gasteiger partial charge is 0.324 e. The van der Waals surface area contributed by atoms with Crippen LogP contribution < -0.4 is 4.90 Å². The molecule has 1 aliphatic rings. The van der Waals surface area contributed by atoms with E-state index in [2.05, 4.69) is 19.1 Å². The summed E-state index contributed by atoms with van der Waals surface area (Å²) < 4.78 is 0. The maximum absolute atomic E-state index is 13.1. The molecule has 0 unspecified atom stereocenters. The van der Waals surface area contributed by atoms with Gasteiger partial charge in [-0.1, -0.05) is 61.9 Å². The van der Waals surface area contributed by atoms with E-state index < -0.39 is 0 Å². The van der Waals surface area contributed by atoms with Crippen LogP contribution in [0.1, 0.15) is 31.7 Å². The molecule has 0 radical (unpaired) electrons. The number of rotatable bonds is 4. The standard InChI is InChI=1S/C21H26N2O/c1-2-18-13-15-22(16-14-18)21(24)23(20-11-7-4-8-12-20)17-19-9-5-3-6-10-19/h3-12,18H,2,13-17H2,1H3. The van der Waals surface area contributed by atoms with E-state index in [4.69, 9.17) is 0 Å². The van der Waals surface area contributed by atoms with E-state index in [1.807, 2.05) is 58.3 Å². The van der Waals surface area contributed by atoms with Crippen LogP contribution in [0, 0.1) is 5.92 Å². The molecule has 0 aliphatic carbocycles. The lowest BCUT2D eigenvalue weighted by Gasteiger charge is -2.35. The fourth-order valence-corrected chi connectivity index (χ4v) is 3.35. The molecule has 24 heavy (non-hydrogen) atoms. The van der Waals surface area contributed by atoms with E-state index in [1.165, 1.54) is 6.42 Å². The third-order valence-corrected chi connectivity index (χ3v) is 4.94.